The fraction of sp³-hybridized carbons (Fsp3) is 0.350. The van der Waals surface area contributed by atoms with Crippen molar-refractivity contribution < 1.29 is 9.18 Å². The number of Topliss-reactive ketones (excluding diaryl/α,β-unsaturated/α-hetero) is 1. The normalized spacial score (nSPS) is 11.9. The molecule has 0 aliphatic heterocycles. The molecule has 0 saturated carbocycles. The van der Waals surface area contributed by atoms with Crippen molar-refractivity contribution in [2.75, 3.05) is 0 Å². The Morgan fingerprint density at radius 2 is 1.80 bits per heavy atom. The van der Waals surface area contributed by atoms with E-state index in [-0.39, 0.29) is 16.8 Å². The molecule has 3 rings (SSSR count). The summed E-state index contributed by atoms with van der Waals surface area (Å²) in [4.78, 5) is 20.5. The highest BCUT2D eigenvalue weighted by atomic mass is 19.1. The molecule has 130 valence electrons. The number of nitrogens with zero attached hydrogens (tertiary/aromatic N) is 3. The standard InChI is InChI=1S/C20H22FN3O/c1-12(25)18-16-8-14(15-9-22-13(2)23-10-15)6-7-17(16)24(19(18)21)11-20(3,4)5/h6-10H,11H2,1-5H3. The number of fused-ring (bicyclic) bond motifs is 1. The van der Waals surface area contributed by atoms with Gasteiger partial charge in [0.15, 0.2) is 5.78 Å². The molecule has 0 bridgehead atoms. The monoisotopic (exact) mass is 339 g/mol. The van der Waals surface area contributed by atoms with Gasteiger partial charge in [-0.1, -0.05) is 26.8 Å². The lowest BCUT2D eigenvalue weighted by atomic mass is 9.97. The fourth-order valence-corrected chi connectivity index (χ4v) is 3.01. The molecule has 0 spiro atoms. The number of halogens is 1. The van der Waals surface area contributed by atoms with Gasteiger partial charge in [0.1, 0.15) is 5.82 Å². The summed E-state index contributed by atoms with van der Waals surface area (Å²) in [7, 11) is 0. The van der Waals surface area contributed by atoms with Crippen LogP contribution < -0.4 is 0 Å². The number of aryl methyl sites for hydroxylation is 1. The summed E-state index contributed by atoms with van der Waals surface area (Å²) in [5.74, 6) is -0.0428. The van der Waals surface area contributed by atoms with Crippen LogP contribution in [0.2, 0.25) is 0 Å². The summed E-state index contributed by atoms with van der Waals surface area (Å²) >= 11 is 0. The summed E-state index contributed by atoms with van der Waals surface area (Å²) in [6.45, 7) is 9.86. The minimum Gasteiger partial charge on any atom is -0.316 e. The Bertz CT molecular complexity index is 950. The van der Waals surface area contributed by atoms with Gasteiger partial charge in [0.05, 0.1) is 11.1 Å². The first-order chi connectivity index (χ1) is 11.7. The topological polar surface area (TPSA) is 47.8 Å². The van der Waals surface area contributed by atoms with Gasteiger partial charge in [0.2, 0.25) is 5.95 Å². The lowest BCUT2D eigenvalue weighted by molar-refractivity contribution is 0.101. The van der Waals surface area contributed by atoms with E-state index < -0.39 is 5.95 Å². The van der Waals surface area contributed by atoms with Crippen molar-refractivity contribution in [3.8, 4) is 11.1 Å². The van der Waals surface area contributed by atoms with Crippen LogP contribution in [-0.4, -0.2) is 20.3 Å². The van der Waals surface area contributed by atoms with E-state index in [0.717, 1.165) is 16.6 Å². The number of benzene rings is 1. The number of hydrogen-bond donors (Lipinski definition) is 0. The minimum absolute atomic E-state index is 0.107. The van der Waals surface area contributed by atoms with E-state index in [1.165, 1.54) is 6.92 Å². The van der Waals surface area contributed by atoms with E-state index in [4.69, 9.17) is 0 Å². The molecular weight excluding hydrogens is 317 g/mol. The van der Waals surface area contributed by atoms with Crippen molar-refractivity contribution in [3.63, 3.8) is 0 Å². The second kappa shape index (κ2) is 6.06. The molecule has 2 aromatic heterocycles. The molecule has 5 heteroatoms. The van der Waals surface area contributed by atoms with Crippen molar-refractivity contribution in [1.29, 1.82) is 0 Å². The number of carbonyl (C=O) groups excluding carboxylic acids is 1. The first-order valence-corrected chi connectivity index (χ1v) is 8.29. The first-order valence-electron chi connectivity index (χ1n) is 8.29. The highest BCUT2D eigenvalue weighted by Crippen LogP contribution is 2.32. The van der Waals surface area contributed by atoms with E-state index >= 15 is 0 Å². The van der Waals surface area contributed by atoms with Crippen molar-refractivity contribution in [2.24, 2.45) is 5.41 Å². The maximum atomic E-state index is 15.0. The molecule has 2 heterocycles. The van der Waals surface area contributed by atoms with Crippen molar-refractivity contribution in [1.82, 2.24) is 14.5 Å². The van der Waals surface area contributed by atoms with Gasteiger partial charge in [-0.3, -0.25) is 4.79 Å². The van der Waals surface area contributed by atoms with E-state index in [0.29, 0.717) is 17.8 Å². The van der Waals surface area contributed by atoms with E-state index in [1.807, 2.05) is 45.9 Å². The Labute approximate surface area is 146 Å². The molecule has 0 unspecified atom stereocenters. The largest absolute Gasteiger partial charge is 0.316 e. The van der Waals surface area contributed by atoms with Gasteiger partial charge in [-0.2, -0.15) is 4.39 Å². The van der Waals surface area contributed by atoms with Crippen LogP contribution in [0.1, 0.15) is 43.9 Å². The van der Waals surface area contributed by atoms with Gasteiger partial charge in [-0.05, 0) is 37.0 Å². The quantitative estimate of drug-likeness (QED) is 0.644. The number of rotatable bonds is 3. The maximum absolute atomic E-state index is 15.0. The Hall–Kier alpha value is -2.56. The molecule has 0 aliphatic carbocycles. The first kappa shape index (κ1) is 17.3. The van der Waals surface area contributed by atoms with Gasteiger partial charge >= 0.3 is 0 Å². The Morgan fingerprint density at radius 1 is 1.16 bits per heavy atom. The van der Waals surface area contributed by atoms with Gasteiger partial charge < -0.3 is 4.57 Å². The molecule has 0 amide bonds. The zero-order chi connectivity index (χ0) is 18.4. The van der Waals surface area contributed by atoms with Crippen molar-refractivity contribution in [3.05, 3.63) is 47.9 Å². The third-order valence-corrected chi connectivity index (χ3v) is 4.10. The lowest BCUT2D eigenvalue weighted by Gasteiger charge is -2.20. The summed E-state index contributed by atoms with van der Waals surface area (Å²) in [6.07, 6.45) is 3.47. The zero-order valence-electron chi connectivity index (χ0n) is 15.2. The zero-order valence-corrected chi connectivity index (χ0v) is 15.2. The third kappa shape index (κ3) is 3.31. The number of carbonyl (C=O) groups is 1. The van der Waals surface area contributed by atoms with Gasteiger partial charge in [-0.15, -0.1) is 0 Å². The van der Waals surface area contributed by atoms with Crippen LogP contribution in [0.5, 0.6) is 0 Å². The molecule has 0 saturated heterocycles. The molecule has 0 fully saturated rings. The SMILES string of the molecule is CC(=O)c1c(F)n(CC(C)(C)C)c2ccc(-c3cnc(C)nc3)cc12. The van der Waals surface area contributed by atoms with Crippen LogP contribution in [-0.2, 0) is 6.54 Å². The van der Waals surface area contributed by atoms with Crippen LogP contribution in [0.4, 0.5) is 4.39 Å². The lowest BCUT2D eigenvalue weighted by Crippen LogP contribution is -2.17. The molecular formula is C20H22FN3O. The Morgan fingerprint density at radius 3 is 2.36 bits per heavy atom. The van der Waals surface area contributed by atoms with Gasteiger partial charge in [0.25, 0.3) is 0 Å². The molecule has 0 atom stereocenters. The molecule has 1 aromatic carbocycles. The van der Waals surface area contributed by atoms with Gasteiger partial charge in [0, 0.05) is 29.9 Å². The van der Waals surface area contributed by atoms with E-state index in [9.17, 15) is 9.18 Å². The third-order valence-electron chi connectivity index (χ3n) is 4.10. The van der Waals surface area contributed by atoms with Crippen LogP contribution in [0.15, 0.2) is 30.6 Å². The fourth-order valence-electron chi connectivity index (χ4n) is 3.01. The van der Waals surface area contributed by atoms with Crippen molar-refractivity contribution in [2.45, 2.75) is 41.2 Å². The summed E-state index contributed by atoms with van der Waals surface area (Å²) in [6, 6.07) is 5.63. The summed E-state index contributed by atoms with van der Waals surface area (Å²) < 4.78 is 16.6. The molecule has 0 aliphatic rings. The predicted molar refractivity (Wildman–Crippen MR) is 97.1 cm³/mol. The van der Waals surface area contributed by atoms with Crippen LogP contribution in [0.3, 0.4) is 0 Å². The van der Waals surface area contributed by atoms with Crippen LogP contribution in [0, 0.1) is 18.3 Å². The average Bonchev–Trinajstić information content (AvgIpc) is 2.78. The molecule has 3 aromatic rings. The van der Waals surface area contributed by atoms with E-state index in [2.05, 4.69) is 9.97 Å². The molecule has 25 heavy (non-hydrogen) atoms. The maximum Gasteiger partial charge on any atom is 0.205 e. The summed E-state index contributed by atoms with van der Waals surface area (Å²) in [5.41, 5.74) is 2.47. The average molecular weight is 339 g/mol. The second-order valence-corrected chi connectivity index (χ2v) is 7.62. The molecule has 0 radical (unpaired) electrons. The predicted octanol–water partition coefficient (Wildman–Crippen LogP) is 4.79. The smallest absolute Gasteiger partial charge is 0.205 e. The highest BCUT2D eigenvalue weighted by molar-refractivity contribution is 6.08. The Balaban J connectivity index is 2.23. The van der Waals surface area contributed by atoms with E-state index in [1.54, 1.807) is 17.0 Å². The molecule has 4 nitrogen and oxygen atoms in total. The number of ketones is 1. The van der Waals surface area contributed by atoms with Crippen LogP contribution in [0.25, 0.3) is 22.0 Å². The minimum atomic E-state index is -0.463. The second-order valence-electron chi connectivity index (χ2n) is 7.62. The molecule has 0 N–H and O–H groups in total. The van der Waals surface area contributed by atoms with Gasteiger partial charge in [-0.25, -0.2) is 9.97 Å². The highest BCUT2D eigenvalue weighted by Gasteiger charge is 2.23. The number of hydrogen-bond acceptors (Lipinski definition) is 3. The Kier molecular flexibility index (Phi) is 4.19. The van der Waals surface area contributed by atoms with Crippen molar-refractivity contribution >= 4 is 16.7 Å². The van der Waals surface area contributed by atoms with Crippen LogP contribution >= 0.6 is 0 Å². The number of aromatic nitrogens is 3. The summed E-state index contributed by atoms with van der Waals surface area (Å²) in [5, 5.41) is 0.632.